The molecule has 3 fully saturated rings. The molecule has 0 unspecified atom stereocenters. The van der Waals surface area contributed by atoms with Crippen molar-refractivity contribution in [2.75, 3.05) is 20.3 Å². The first-order valence-corrected chi connectivity index (χ1v) is 21.9. The van der Waals surface area contributed by atoms with Crippen LogP contribution in [0, 0.1) is 23.2 Å². The van der Waals surface area contributed by atoms with Crippen molar-refractivity contribution < 1.29 is 37.0 Å². The number of sulfonamides is 1. The van der Waals surface area contributed by atoms with E-state index in [9.17, 15) is 22.8 Å². The molecule has 14 heteroatoms. The lowest BCUT2D eigenvalue weighted by atomic mass is 9.89. The van der Waals surface area contributed by atoms with Crippen LogP contribution in [-0.4, -0.2) is 84.6 Å². The fourth-order valence-corrected chi connectivity index (χ4v) is 9.72. The number of ketones is 1. The smallest absolute Gasteiger partial charge is 0.240 e. The predicted molar refractivity (Wildman–Crippen MR) is 220 cm³/mol. The Morgan fingerprint density at radius 3 is 2.42 bits per heavy atom. The maximum Gasteiger partial charge on any atom is 0.240 e. The maximum absolute atomic E-state index is 14.6. The number of halogens is 1. The second-order valence-corrected chi connectivity index (χ2v) is 18.7. The molecule has 308 valence electrons. The van der Waals surface area contributed by atoms with E-state index in [0.717, 1.165) is 5.69 Å². The molecule has 2 amide bonds. The highest BCUT2D eigenvalue weighted by atomic mass is 35.5. The molecular formula is C43H55ClN4O8S. The minimum Gasteiger partial charge on any atom is -0.490 e. The highest BCUT2D eigenvalue weighted by Crippen LogP contribution is 2.57. The van der Waals surface area contributed by atoms with Crippen LogP contribution in [0.1, 0.15) is 91.7 Å². The van der Waals surface area contributed by atoms with Crippen molar-refractivity contribution in [1.29, 1.82) is 0 Å². The van der Waals surface area contributed by atoms with Gasteiger partial charge in [0.15, 0.2) is 5.78 Å². The number of nitrogens with one attached hydrogen (secondary N) is 1. The third kappa shape index (κ3) is 8.71. The summed E-state index contributed by atoms with van der Waals surface area (Å²) in [5, 5.41) is 0.301. The summed E-state index contributed by atoms with van der Waals surface area (Å²) in [4.78, 5) is 54.2. The van der Waals surface area contributed by atoms with Crippen molar-refractivity contribution in [3.63, 3.8) is 0 Å². The fraction of sp³-hybridized carbons (Fsp3) is 0.558. The number of pyridine rings is 2. The molecule has 2 aromatic heterocycles. The largest absolute Gasteiger partial charge is 0.490 e. The van der Waals surface area contributed by atoms with E-state index < -0.39 is 44.8 Å². The second kappa shape index (κ2) is 17.0. The molecule has 6 rings (SSSR count). The Balaban J connectivity index is 1.38. The van der Waals surface area contributed by atoms with Crippen molar-refractivity contribution in [1.82, 2.24) is 19.6 Å². The molecular weight excluding hydrogens is 768 g/mol. The van der Waals surface area contributed by atoms with Crippen LogP contribution in [0.25, 0.3) is 22.3 Å². The highest BCUT2D eigenvalue weighted by molar-refractivity contribution is 7.90. The number of amides is 2. The minimum absolute atomic E-state index is 0.00648. The first kappa shape index (κ1) is 42.5. The molecule has 12 nitrogen and oxygen atoms in total. The van der Waals surface area contributed by atoms with Gasteiger partial charge in [-0.1, -0.05) is 58.4 Å². The van der Waals surface area contributed by atoms with Gasteiger partial charge in [0.2, 0.25) is 21.8 Å². The van der Waals surface area contributed by atoms with Gasteiger partial charge in [0.1, 0.15) is 29.2 Å². The summed E-state index contributed by atoms with van der Waals surface area (Å²) in [6.45, 7) is 16.4. The zero-order chi connectivity index (χ0) is 41.4. The number of allylic oxidation sites excluding steroid dienone is 1. The first-order valence-electron chi connectivity index (χ1n) is 20.0. The third-order valence-corrected chi connectivity index (χ3v) is 14.0. The normalized spacial score (nSPS) is 23.8. The van der Waals surface area contributed by atoms with Crippen LogP contribution in [-0.2, 0) is 29.1 Å². The van der Waals surface area contributed by atoms with Crippen LogP contribution < -0.4 is 14.2 Å². The summed E-state index contributed by atoms with van der Waals surface area (Å²) >= 11 is 6.99. The molecule has 3 aliphatic rings. The lowest BCUT2D eigenvalue weighted by molar-refractivity contribution is -0.145. The van der Waals surface area contributed by atoms with E-state index in [0.29, 0.717) is 66.1 Å². The molecule has 57 heavy (non-hydrogen) atoms. The highest BCUT2D eigenvalue weighted by Gasteiger charge is 2.62. The molecule has 1 N–H and O–H groups in total. The average molecular weight is 823 g/mol. The molecule has 2 aliphatic carbocycles. The van der Waals surface area contributed by atoms with Crippen molar-refractivity contribution >= 4 is 50.1 Å². The Bertz CT molecular complexity index is 2140. The van der Waals surface area contributed by atoms with Gasteiger partial charge in [0, 0.05) is 43.0 Å². The standard InChI is InChI=1S/C43H55ClN4O8S/c1-9-27-22-43(27,42(51)47-57(52,53)28-14-15-28)23-35(49)34-21-37(26(7)48(34)41(50)29(10-2)24(3)4)56-38-20-33(32-13-11-12-31(45-32)25(5)6)46-40-30(38)16-17-36(39(40)44)55-19-18-54-8/h9,11-13,16-17,20,24-29,34,37H,1,10,14-15,18-19,21-23H2,2-8H3,(H,47,51)/t26-,27-,29-,34+,37-,43-/m1/s1. The topological polar surface area (TPSA) is 154 Å². The number of hydrogen-bond donors (Lipinski definition) is 1. The molecule has 1 aliphatic heterocycles. The summed E-state index contributed by atoms with van der Waals surface area (Å²) < 4.78 is 45.8. The molecule has 3 heterocycles. The van der Waals surface area contributed by atoms with E-state index in [2.05, 4.69) is 25.1 Å². The van der Waals surface area contributed by atoms with Crippen LogP contribution >= 0.6 is 11.6 Å². The van der Waals surface area contributed by atoms with Gasteiger partial charge in [-0.25, -0.2) is 13.4 Å². The molecule has 0 spiro atoms. The average Bonchev–Trinajstić information content (AvgIpc) is 4.11. The van der Waals surface area contributed by atoms with Gasteiger partial charge in [-0.2, -0.15) is 0 Å². The molecule has 0 bridgehead atoms. The van der Waals surface area contributed by atoms with Crippen LogP contribution in [0.4, 0.5) is 0 Å². The van der Waals surface area contributed by atoms with Gasteiger partial charge in [0.25, 0.3) is 0 Å². The monoisotopic (exact) mass is 822 g/mol. The SMILES string of the molecule is C=C[C@@H]1C[C@]1(CC(=O)[C@@H]1C[C@@H](Oc2cc(-c3cccc(C(C)C)n3)nc3c(Cl)c(OCCOC)ccc23)[C@@H](C)N1C(=O)[C@H](CC)C(C)C)C(=O)NS(=O)(=O)C1CC1. The quantitative estimate of drug-likeness (QED) is 0.102. The van der Waals surface area contributed by atoms with E-state index in [1.165, 1.54) is 0 Å². The fourth-order valence-electron chi connectivity index (χ4n) is 8.07. The van der Waals surface area contributed by atoms with E-state index in [-0.39, 0.29) is 59.8 Å². The first-order chi connectivity index (χ1) is 27.1. The molecule has 2 saturated carbocycles. The number of carbonyl (C=O) groups excluding carboxylic acids is 3. The molecule has 3 aromatic rings. The van der Waals surface area contributed by atoms with E-state index in [4.69, 9.17) is 35.8 Å². The predicted octanol–water partition coefficient (Wildman–Crippen LogP) is 7.28. The minimum atomic E-state index is -3.84. The number of rotatable bonds is 18. The number of carbonyl (C=O) groups is 3. The molecule has 0 radical (unpaired) electrons. The third-order valence-electron chi connectivity index (χ3n) is 11.8. The zero-order valence-electron chi connectivity index (χ0n) is 33.9. The molecule has 6 atom stereocenters. The number of fused-ring (bicyclic) bond motifs is 1. The number of benzene rings is 1. The van der Waals surface area contributed by atoms with Gasteiger partial charge < -0.3 is 19.1 Å². The number of nitrogens with zero attached hydrogens (tertiary/aromatic N) is 3. The van der Waals surface area contributed by atoms with E-state index in [1.807, 2.05) is 58.0 Å². The summed E-state index contributed by atoms with van der Waals surface area (Å²) in [6.07, 6.45) is 2.74. The van der Waals surface area contributed by atoms with Gasteiger partial charge in [-0.15, -0.1) is 6.58 Å². The van der Waals surface area contributed by atoms with Crippen molar-refractivity contribution in [3.8, 4) is 22.9 Å². The maximum atomic E-state index is 14.6. The Labute approximate surface area is 341 Å². The molecule has 1 saturated heterocycles. The summed E-state index contributed by atoms with van der Waals surface area (Å²) in [6, 6.07) is 9.69. The van der Waals surface area contributed by atoms with E-state index >= 15 is 0 Å². The summed E-state index contributed by atoms with van der Waals surface area (Å²) in [7, 11) is -2.25. The van der Waals surface area contributed by atoms with Crippen molar-refractivity contribution in [2.45, 2.75) is 109 Å². The van der Waals surface area contributed by atoms with Crippen LogP contribution in [0.3, 0.4) is 0 Å². The Morgan fingerprint density at radius 2 is 1.81 bits per heavy atom. The zero-order valence-corrected chi connectivity index (χ0v) is 35.5. The number of likely N-dealkylation sites (tertiary alicyclic amines) is 1. The number of Topliss-reactive ketones (excluding diaryl/α,β-unsaturated/α-hetero) is 1. The lowest BCUT2D eigenvalue weighted by Crippen LogP contribution is -2.49. The number of aromatic nitrogens is 2. The van der Waals surface area contributed by atoms with Gasteiger partial charge in [-0.05, 0) is 74.6 Å². The van der Waals surface area contributed by atoms with Crippen LogP contribution in [0.2, 0.25) is 5.02 Å². The number of hydrogen-bond acceptors (Lipinski definition) is 10. The van der Waals surface area contributed by atoms with Crippen molar-refractivity contribution in [2.24, 2.45) is 23.2 Å². The number of ether oxygens (including phenoxy) is 3. The van der Waals surface area contributed by atoms with Gasteiger partial charge in [-0.3, -0.25) is 24.1 Å². The van der Waals surface area contributed by atoms with Crippen LogP contribution in [0.5, 0.6) is 11.5 Å². The lowest BCUT2D eigenvalue weighted by Gasteiger charge is -2.33. The summed E-state index contributed by atoms with van der Waals surface area (Å²) in [5.41, 5.74) is 1.21. The number of methoxy groups -OCH3 is 1. The summed E-state index contributed by atoms with van der Waals surface area (Å²) in [5.74, 6) is -0.845. The second-order valence-electron chi connectivity index (χ2n) is 16.4. The Hall–Kier alpha value is -4.07. The van der Waals surface area contributed by atoms with Crippen LogP contribution in [0.15, 0.2) is 49.1 Å². The van der Waals surface area contributed by atoms with E-state index in [1.54, 1.807) is 24.2 Å². The molecule has 1 aromatic carbocycles. The van der Waals surface area contributed by atoms with Crippen molar-refractivity contribution in [3.05, 3.63) is 59.8 Å². The van der Waals surface area contributed by atoms with Gasteiger partial charge >= 0.3 is 0 Å². The Kier molecular flexibility index (Phi) is 12.7. The Morgan fingerprint density at radius 1 is 1.07 bits per heavy atom. The van der Waals surface area contributed by atoms with Gasteiger partial charge in [0.05, 0.1) is 46.3 Å².